The third-order valence-corrected chi connectivity index (χ3v) is 5.33. The summed E-state index contributed by atoms with van der Waals surface area (Å²) in [5.74, 6) is 2.32. The van der Waals surface area contributed by atoms with E-state index < -0.39 is 0 Å². The molecule has 0 spiro atoms. The lowest BCUT2D eigenvalue weighted by molar-refractivity contribution is 0.0711. The Morgan fingerprint density at radius 2 is 2.12 bits per heavy atom. The highest BCUT2D eigenvalue weighted by atomic mass is 16.5. The van der Waals surface area contributed by atoms with Crippen LogP contribution in [-0.4, -0.2) is 53.6 Å². The van der Waals surface area contributed by atoms with Gasteiger partial charge in [0.05, 0.1) is 13.2 Å². The number of hydrogen-bond donors (Lipinski definition) is 0. The van der Waals surface area contributed by atoms with Crippen LogP contribution < -0.4 is 9.64 Å². The standard InChI is InChI=1S/C19H22N4O2/c1-25-16-4-2-3-15(11-16)19(24)23-10-7-14-6-9-22(12-17(14)23)18-5-8-20-13-21-18/h2-5,8,11,13-14,17H,6-7,9-10,12H2,1H3. The van der Waals surface area contributed by atoms with Gasteiger partial charge in [0.1, 0.15) is 17.9 Å². The van der Waals surface area contributed by atoms with E-state index in [9.17, 15) is 4.79 Å². The summed E-state index contributed by atoms with van der Waals surface area (Å²) in [5, 5.41) is 0. The van der Waals surface area contributed by atoms with Crippen molar-refractivity contribution in [3.63, 3.8) is 0 Å². The maximum atomic E-state index is 13.0. The summed E-state index contributed by atoms with van der Waals surface area (Å²) in [6, 6.07) is 9.59. The van der Waals surface area contributed by atoms with Crippen molar-refractivity contribution in [1.82, 2.24) is 14.9 Å². The molecule has 0 bridgehead atoms. The molecule has 1 amide bonds. The van der Waals surface area contributed by atoms with E-state index in [2.05, 4.69) is 14.9 Å². The highest BCUT2D eigenvalue weighted by Gasteiger charge is 2.41. The molecule has 2 unspecified atom stereocenters. The molecule has 2 atom stereocenters. The Morgan fingerprint density at radius 3 is 2.92 bits per heavy atom. The largest absolute Gasteiger partial charge is 0.497 e. The molecule has 25 heavy (non-hydrogen) atoms. The van der Waals surface area contributed by atoms with Crippen molar-refractivity contribution in [3.05, 3.63) is 48.4 Å². The zero-order valence-corrected chi connectivity index (χ0v) is 14.3. The van der Waals surface area contributed by atoms with Crippen molar-refractivity contribution >= 4 is 11.7 Å². The number of likely N-dealkylation sites (tertiary alicyclic amines) is 1. The van der Waals surface area contributed by atoms with Gasteiger partial charge in [-0.2, -0.15) is 0 Å². The number of rotatable bonds is 3. The van der Waals surface area contributed by atoms with Crippen LogP contribution in [0.25, 0.3) is 0 Å². The molecule has 2 aliphatic heterocycles. The number of carbonyl (C=O) groups is 1. The lowest BCUT2D eigenvalue weighted by Gasteiger charge is -2.39. The minimum atomic E-state index is 0.0935. The predicted molar refractivity (Wildman–Crippen MR) is 94.8 cm³/mol. The molecular weight excluding hydrogens is 316 g/mol. The molecular formula is C19H22N4O2. The molecule has 2 aromatic rings. The lowest BCUT2D eigenvalue weighted by Crippen LogP contribution is -2.50. The lowest BCUT2D eigenvalue weighted by atomic mass is 9.92. The number of aromatic nitrogens is 2. The number of benzene rings is 1. The SMILES string of the molecule is COc1cccc(C(=O)N2CCC3CCN(c4ccncn4)CC32)c1. The Morgan fingerprint density at radius 1 is 1.24 bits per heavy atom. The molecule has 6 heteroatoms. The van der Waals surface area contributed by atoms with Crippen LogP contribution >= 0.6 is 0 Å². The first kappa shape index (κ1) is 15.9. The second kappa shape index (κ2) is 6.70. The fraction of sp³-hybridized carbons (Fsp3) is 0.421. The van der Waals surface area contributed by atoms with Crippen molar-refractivity contribution in [3.8, 4) is 5.75 Å². The molecule has 4 rings (SSSR count). The fourth-order valence-electron chi connectivity index (χ4n) is 3.99. The quantitative estimate of drug-likeness (QED) is 0.859. The van der Waals surface area contributed by atoms with Crippen LogP contribution in [0.1, 0.15) is 23.2 Å². The fourth-order valence-corrected chi connectivity index (χ4v) is 3.99. The number of fused-ring (bicyclic) bond motifs is 1. The van der Waals surface area contributed by atoms with E-state index in [-0.39, 0.29) is 11.9 Å². The molecule has 2 aliphatic rings. The van der Waals surface area contributed by atoms with Gasteiger partial charge < -0.3 is 14.5 Å². The Balaban J connectivity index is 1.54. The van der Waals surface area contributed by atoms with Crippen molar-refractivity contribution in [2.75, 3.05) is 31.6 Å². The molecule has 6 nitrogen and oxygen atoms in total. The second-order valence-electron chi connectivity index (χ2n) is 6.65. The number of ether oxygens (including phenoxy) is 1. The second-order valence-corrected chi connectivity index (χ2v) is 6.65. The van der Waals surface area contributed by atoms with Crippen molar-refractivity contribution in [2.45, 2.75) is 18.9 Å². The number of piperidine rings is 1. The Hall–Kier alpha value is -2.63. The molecule has 1 aromatic carbocycles. The van der Waals surface area contributed by atoms with Gasteiger partial charge >= 0.3 is 0 Å². The number of anilines is 1. The van der Waals surface area contributed by atoms with E-state index in [0.29, 0.717) is 17.2 Å². The van der Waals surface area contributed by atoms with Gasteiger partial charge in [0.25, 0.3) is 5.91 Å². The van der Waals surface area contributed by atoms with Crippen LogP contribution in [0.4, 0.5) is 5.82 Å². The van der Waals surface area contributed by atoms with Crippen molar-refractivity contribution in [1.29, 1.82) is 0 Å². The number of nitrogens with zero attached hydrogens (tertiary/aromatic N) is 4. The van der Waals surface area contributed by atoms with E-state index in [0.717, 1.165) is 38.3 Å². The number of hydrogen-bond acceptors (Lipinski definition) is 5. The van der Waals surface area contributed by atoms with E-state index in [1.807, 2.05) is 35.2 Å². The number of carbonyl (C=O) groups excluding carboxylic acids is 1. The molecule has 3 heterocycles. The smallest absolute Gasteiger partial charge is 0.254 e. The molecule has 1 aromatic heterocycles. The number of methoxy groups -OCH3 is 1. The van der Waals surface area contributed by atoms with Crippen LogP contribution in [0.15, 0.2) is 42.9 Å². The summed E-state index contributed by atoms with van der Waals surface area (Å²) >= 11 is 0. The first-order valence-electron chi connectivity index (χ1n) is 8.72. The van der Waals surface area contributed by atoms with E-state index in [4.69, 9.17) is 4.74 Å². The van der Waals surface area contributed by atoms with Gasteiger partial charge in [0.2, 0.25) is 0 Å². The van der Waals surface area contributed by atoms with Crippen LogP contribution in [0, 0.1) is 5.92 Å². The molecule has 0 saturated carbocycles. The normalized spacial score (nSPS) is 22.6. The highest BCUT2D eigenvalue weighted by molar-refractivity contribution is 5.95. The van der Waals surface area contributed by atoms with Crippen LogP contribution in [0.3, 0.4) is 0 Å². The Bertz CT molecular complexity index is 752. The van der Waals surface area contributed by atoms with Crippen molar-refractivity contribution in [2.24, 2.45) is 5.92 Å². The van der Waals surface area contributed by atoms with Crippen LogP contribution in [0.2, 0.25) is 0 Å². The van der Waals surface area contributed by atoms with E-state index >= 15 is 0 Å². The maximum Gasteiger partial charge on any atom is 0.254 e. The minimum Gasteiger partial charge on any atom is -0.497 e. The zero-order chi connectivity index (χ0) is 17.2. The highest BCUT2D eigenvalue weighted by Crippen LogP contribution is 2.34. The third kappa shape index (κ3) is 3.04. The molecule has 130 valence electrons. The molecule has 0 aliphatic carbocycles. The third-order valence-electron chi connectivity index (χ3n) is 5.33. The van der Waals surface area contributed by atoms with Crippen LogP contribution in [-0.2, 0) is 0 Å². The van der Waals surface area contributed by atoms with Gasteiger partial charge in [-0.3, -0.25) is 4.79 Å². The Kier molecular flexibility index (Phi) is 4.26. The van der Waals surface area contributed by atoms with Gasteiger partial charge in [-0.05, 0) is 43.0 Å². The summed E-state index contributed by atoms with van der Waals surface area (Å²) in [6.45, 7) is 2.64. The maximum absolute atomic E-state index is 13.0. The van der Waals surface area contributed by atoms with Crippen LogP contribution in [0.5, 0.6) is 5.75 Å². The zero-order valence-electron chi connectivity index (χ0n) is 14.3. The van der Waals surface area contributed by atoms with Crippen molar-refractivity contribution < 1.29 is 9.53 Å². The predicted octanol–water partition coefficient (Wildman–Crippen LogP) is 2.23. The summed E-state index contributed by atoms with van der Waals surface area (Å²) in [5.41, 5.74) is 0.694. The Labute approximate surface area is 147 Å². The van der Waals surface area contributed by atoms with E-state index in [1.54, 1.807) is 19.6 Å². The van der Waals surface area contributed by atoms with Gasteiger partial charge in [0, 0.05) is 31.4 Å². The first-order valence-corrected chi connectivity index (χ1v) is 8.72. The molecule has 2 fully saturated rings. The topological polar surface area (TPSA) is 58.6 Å². The summed E-state index contributed by atoms with van der Waals surface area (Å²) in [6.07, 6.45) is 5.52. The van der Waals surface area contributed by atoms with Gasteiger partial charge in [-0.1, -0.05) is 6.07 Å². The monoisotopic (exact) mass is 338 g/mol. The first-order chi connectivity index (χ1) is 12.3. The average Bonchev–Trinajstić information content (AvgIpc) is 3.11. The molecule has 0 N–H and O–H groups in total. The summed E-state index contributed by atoms with van der Waals surface area (Å²) < 4.78 is 5.26. The van der Waals surface area contributed by atoms with Gasteiger partial charge in [-0.25, -0.2) is 9.97 Å². The molecule has 0 radical (unpaired) electrons. The molecule has 2 saturated heterocycles. The summed E-state index contributed by atoms with van der Waals surface area (Å²) in [7, 11) is 1.62. The average molecular weight is 338 g/mol. The van der Waals surface area contributed by atoms with Gasteiger partial charge in [0.15, 0.2) is 0 Å². The number of amides is 1. The minimum absolute atomic E-state index is 0.0935. The van der Waals surface area contributed by atoms with E-state index in [1.165, 1.54) is 0 Å². The van der Waals surface area contributed by atoms with Gasteiger partial charge in [-0.15, -0.1) is 0 Å². The summed E-state index contributed by atoms with van der Waals surface area (Å²) in [4.78, 5) is 25.7.